The molecule has 22 heavy (non-hydrogen) atoms. The van der Waals surface area contributed by atoms with Gasteiger partial charge >= 0.3 is 5.97 Å². The van der Waals surface area contributed by atoms with Crippen molar-refractivity contribution in [2.75, 3.05) is 0 Å². The number of carbonyl (C=O) groups excluding carboxylic acids is 2. The van der Waals surface area contributed by atoms with Gasteiger partial charge in [0.25, 0.3) is 0 Å². The second kappa shape index (κ2) is 6.08. The van der Waals surface area contributed by atoms with E-state index < -0.39 is 6.10 Å². The number of hydrogen-bond donors (Lipinski definition) is 0. The van der Waals surface area contributed by atoms with E-state index >= 15 is 0 Å². The van der Waals surface area contributed by atoms with Gasteiger partial charge in [-0.05, 0) is 50.8 Å². The van der Waals surface area contributed by atoms with Gasteiger partial charge in [-0.3, -0.25) is 4.79 Å². The summed E-state index contributed by atoms with van der Waals surface area (Å²) in [4.78, 5) is 25.6. The van der Waals surface area contributed by atoms with Gasteiger partial charge in [-0.15, -0.1) is 11.3 Å². The van der Waals surface area contributed by atoms with E-state index in [4.69, 9.17) is 4.74 Å². The van der Waals surface area contributed by atoms with Gasteiger partial charge in [-0.2, -0.15) is 0 Å². The average Bonchev–Trinajstić information content (AvgIpc) is 3.11. The van der Waals surface area contributed by atoms with Crippen LogP contribution in [-0.4, -0.2) is 22.4 Å². The number of thiophene rings is 1. The van der Waals surface area contributed by atoms with Crippen LogP contribution in [0, 0.1) is 13.8 Å². The van der Waals surface area contributed by atoms with E-state index in [1.165, 1.54) is 0 Å². The van der Waals surface area contributed by atoms with Crippen molar-refractivity contribution in [2.24, 2.45) is 0 Å². The largest absolute Gasteiger partial charge is 0.451 e. The van der Waals surface area contributed by atoms with Crippen molar-refractivity contribution in [3.05, 3.63) is 40.5 Å². The van der Waals surface area contributed by atoms with Crippen molar-refractivity contribution in [2.45, 2.75) is 45.6 Å². The maximum Gasteiger partial charge on any atom is 0.342 e. The van der Waals surface area contributed by atoms with Crippen molar-refractivity contribution in [3.63, 3.8) is 0 Å². The molecule has 1 atom stereocenters. The fraction of sp³-hybridized carbons (Fsp3) is 0.412. The Kier molecular flexibility index (Phi) is 4.16. The van der Waals surface area contributed by atoms with E-state index in [1.807, 2.05) is 42.9 Å². The lowest BCUT2D eigenvalue weighted by Gasteiger charge is -2.21. The van der Waals surface area contributed by atoms with Crippen molar-refractivity contribution in [1.82, 2.24) is 4.57 Å². The van der Waals surface area contributed by atoms with Gasteiger partial charge in [0.1, 0.15) is 5.00 Å². The lowest BCUT2D eigenvalue weighted by molar-refractivity contribution is -0.129. The summed E-state index contributed by atoms with van der Waals surface area (Å²) in [5, 5.41) is 0.855. The fourth-order valence-corrected chi connectivity index (χ4v) is 3.88. The number of ketones is 1. The highest BCUT2D eigenvalue weighted by atomic mass is 32.1. The zero-order valence-electron chi connectivity index (χ0n) is 12.8. The minimum absolute atomic E-state index is 0.0479. The normalized spacial score (nSPS) is 18.5. The standard InChI is InChI=1S/C17H19NO3S/c1-11-12(2)22-16(18-9-5-6-10-18)15(11)17(20)21-14-8-4-3-7-13(14)19/h5-6,9-10,14H,3-4,7-8H2,1-2H3. The Bertz CT molecular complexity index is 700. The van der Waals surface area contributed by atoms with Gasteiger partial charge in [-0.1, -0.05) is 0 Å². The molecule has 0 bridgehead atoms. The van der Waals surface area contributed by atoms with Crippen LogP contribution in [0.4, 0.5) is 0 Å². The second-order valence-electron chi connectivity index (χ2n) is 5.66. The summed E-state index contributed by atoms with van der Waals surface area (Å²) < 4.78 is 7.45. The molecule has 5 heteroatoms. The summed E-state index contributed by atoms with van der Waals surface area (Å²) in [5.74, 6) is -0.336. The zero-order chi connectivity index (χ0) is 15.7. The molecule has 2 aromatic rings. The summed E-state index contributed by atoms with van der Waals surface area (Å²) in [5.41, 5.74) is 1.51. The number of rotatable bonds is 3. The molecule has 1 fully saturated rings. The predicted octanol–water partition coefficient (Wildman–Crippen LogP) is 3.82. The molecule has 0 aliphatic heterocycles. The average molecular weight is 317 g/mol. The minimum atomic E-state index is -0.571. The number of nitrogens with zero attached hydrogens (tertiary/aromatic N) is 1. The molecule has 0 spiro atoms. The van der Waals surface area contributed by atoms with E-state index in [0.29, 0.717) is 18.4 Å². The Morgan fingerprint density at radius 1 is 1.27 bits per heavy atom. The number of carbonyl (C=O) groups is 2. The Labute approximate surface area is 133 Å². The number of ether oxygens (including phenoxy) is 1. The number of aryl methyl sites for hydroxylation is 1. The van der Waals surface area contributed by atoms with Crippen molar-refractivity contribution in [3.8, 4) is 5.00 Å². The number of Topliss-reactive ketones (excluding diaryl/α,β-unsaturated/α-hetero) is 1. The SMILES string of the molecule is Cc1sc(-n2cccc2)c(C(=O)OC2CCCCC2=O)c1C. The third kappa shape index (κ3) is 2.73. The molecule has 0 N–H and O–H groups in total. The number of aromatic nitrogens is 1. The summed E-state index contributed by atoms with van der Waals surface area (Å²) in [6.07, 6.45) is 6.25. The quantitative estimate of drug-likeness (QED) is 0.809. The maximum absolute atomic E-state index is 12.6. The Morgan fingerprint density at radius 2 is 2.00 bits per heavy atom. The molecule has 2 aromatic heterocycles. The second-order valence-corrected chi connectivity index (χ2v) is 6.86. The molecular formula is C17H19NO3S. The predicted molar refractivity (Wildman–Crippen MR) is 85.8 cm³/mol. The monoisotopic (exact) mass is 317 g/mol. The molecule has 0 saturated heterocycles. The lowest BCUT2D eigenvalue weighted by atomic mass is 9.96. The first-order chi connectivity index (χ1) is 10.6. The minimum Gasteiger partial charge on any atom is -0.451 e. The van der Waals surface area contributed by atoms with Gasteiger partial charge in [0.2, 0.25) is 0 Å². The van der Waals surface area contributed by atoms with Crippen LogP contribution in [0.2, 0.25) is 0 Å². The molecular weight excluding hydrogens is 298 g/mol. The van der Waals surface area contributed by atoms with Crippen LogP contribution in [0.1, 0.15) is 46.5 Å². The fourth-order valence-electron chi connectivity index (χ4n) is 2.76. The highest BCUT2D eigenvalue weighted by molar-refractivity contribution is 7.15. The molecule has 1 aliphatic rings. The Hall–Kier alpha value is -1.88. The number of esters is 1. The van der Waals surface area contributed by atoms with E-state index in [-0.39, 0.29) is 11.8 Å². The Morgan fingerprint density at radius 3 is 2.68 bits per heavy atom. The maximum atomic E-state index is 12.6. The van der Waals surface area contributed by atoms with Crippen molar-refractivity contribution >= 4 is 23.1 Å². The van der Waals surface area contributed by atoms with E-state index in [1.54, 1.807) is 11.3 Å². The molecule has 3 rings (SSSR count). The van der Waals surface area contributed by atoms with Crippen LogP contribution in [-0.2, 0) is 9.53 Å². The first-order valence-electron chi connectivity index (χ1n) is 7.55. The molecule has 0 radical (unpaired) electrons. The van der Waals surface area contributed by atoms with Gasteiger partial charge in [0.05, 0.1) is 5.56 Å². The van der Waals surface area contributed by atoms with Gasteiger partial charge in [0.15, 0.2) is 11.9 Å². The van der Waals surface area contributed by atoms with Gasteiger partial charge in [-0.25, -0.2) is 4.79 Å². The first kappa shape index (κ1) is 15.0. The molecule has 1 aliphatic carbocycles. The molecule has 4 nitrogen and oxygen atoms in total. The van der Waals surface area contributed by atoms with Gasteiger partial charge in [0, 0.05) is 23.7 Å². The third-order valence-electron chi connectivity index (χ3n) is 4.16. The first-order valence-corrected chi connectivity index (χ1v) is 8.36. The zero-order valence-corrected chi connectivity index (χ0v) is 13.6. The van der Waals surface area contributed by atoms with Crippen LogP contribution in [0.3, 0.4) is 0 Å². The highest BCUT2D eigenvalue weighted by Gasteiger charge is 2.29. The molecule has 2 heterocycles. The van der Waals surface area contributed by atoms with E-state index in [9.17, 15) is 9.59 Å². The topological polar surface area (TPSA) is 48.3 Å². The molecule has 1 saturated carbocycles. The third-order valence-corrected chi connectivity index (χ3v) is 5.38. The summed E-state index contributed by atoms with van der Waals surface area (Å²) in [6, 6.07) is 3.84. The van der Waals surface area contributed by atoms with Crippen LogP contribution < -0.4 is 0 Å². The van der Waals surface area contributed by atoms with E-state index in [2.05, 4.69) is 0 Å². The van der Waals surface area contributed by atoms with Crippen LogP contribution in [0.15, 0.2) is 24.5 Å². The van der Waals surface area contributed by atoms with E-state index in [0.717, 1.165) is 28.3 Å². The summed E-state index contributed by atoms with van der Waals surface area (Å²) in [7, 11) is 0. The summed E-state index contributed by atoms with van der Waals surface area (Å²) in [6.45, 7) is 3.92. The summed E-state index contributed by atoms with van der Waals surface area (Å²) >= 11 is 1.57. The van der Waals surface area contributed by atoms with Gasteiger partial charge < -0.3 is 9.30 Å². The molecule has 116 valence electrons. The Balaban J connectivity index is 1.90. The van der Waals surface area contributed by atoms with Crippen molar-refractivity contribution in [1.29, 1.82) is 0 Å². The van der Waals surface area contributed by atoms with Crippen LogP contribution >= 0.6 is 11.3 Å². The van der Waals surface area contributed by atoms with Crippen LogP contribution in [0.25, 0.3) is 5.00 Å². The number of hydrogen-bond acceptors (Lipinski definition) is 4. The molecule has 1 unspecified atom stereocenters. The highest BCUT2D eigenvalue weighted by Crippen LogP contribution is 2.32. The molecule has 0 aromatic carbocycles. The van der Waals surface area contributed by atoms with Crippen LogP contribution in [0.5, 0.6) is 0 Å². The smallest absolute Gasteiger partial charge is 0.342 e. The lowest BCUT2D eigenvalue weighted by Crippen LogP contribution is -2.30. The van der Waals surface area contributed by atoms with Crippen molar-refractivity contribution < 1.29 is 14.3 Å². The molecule has 0 amide bonds.